The Morgan fingerprint density at radius 3 is 2.00 bits per heavy atom. The molecule has 58 heavy (non-hydrogen) atoms. The van der Waals surface area contributed by atoms with Crippen LogP contribution in [0.3, 0.4) is 0 Å². The molecule has 8 heteroatoms. The number of nitrogens with zero attached hydrogens (tertiary/aromatic N) is 6. The Morgan fingerprint density at radius 2 is 1.21 bits per heavy atom. The maximum Gasteiger partial charge on any atom is 0.164 e. The SMILES string of the molecule is N#Cc1ccccc1-c1ccc(-c2nc(-c3ccccc3)nc(-c3cccc4c3C3=CC=CC(c5nc(-c6ccccc6)c6sc7ccccc7c6n5)C3S4)n2)cc1. The van der Waals surface area contributed by atoms with Gasteiger partial charge in [0.15, 0.2) is 17.5 Å². The standard InChI is InChI=1S/C50H30N6S2/c51-29-34-17-7-8-18-35(34)30-25-27-33(28-26-30)48-54-47(32-15-5-2-6-16-32)55-49(56-48)38-21-12-24-41-42(38)37-20-11-22-39(45(37)58-41)50-52-43(31-13-3-1-4-14-31)46-44(53-50)36-19-9-10-23-40(36)57-46/h1-28,39,45H. The molecule has 0 saturated heterocycles. The summed E-state index contributed by atoms with van der Waals surface area (Å²) in [5, 5.41) is 10.9. The highest BCUT2D eigenvalue weighted by atomic mass is 32.2. The lowest BCUT2D eigenvalue weighted by atomic mass is 9.87. The fourth-order valence-electron chi connectivity index (χ4n) is 8.02. The molecule has 0 amide bonds. The second-order valence-electron chi connectivity index (χ2n) is 14.2. The predicted octanol–water partition coefficient (Wildman–Crippen LogP) is 12.4. The normalized spacial score (nSPS) is 15.5. The molecule has 1 aliphatic carbocycles. The smallest absolute Gasteiger partial charge is 0.164 e. The average Bonchev–Trinajstić information content (AvgIpc) is 3.88. The minimum absolute atomic E-state index is 0.0609. The Morgan fingerprint density at radius 1 is 0.552 bits per heavy atom. The van der Waals surface area contributed by atoms with E-state index in [2.05, 4.69) is 91.0 Å². The Balaban J connectivity index is 1.02. The number of allylic oxidation sites excluding steroid dienone is 3. The van der Waals surface area contributed by atoms with Gasteiger partial charge in [0.25, 0.3) is 0 Å². The van der Waals surface area contributed by atoms with Crippen molar-refractivity contribution in [2.24, 2.45) is 0 Å². The van der Waals surface area contributed by atoms with Crippen LogP contribution in [0.5, 0.6) is 0 Å². The van der Waals surface area contributed by atoms with Crippen LogP contribution < -0.4 is 0 Å². The maximum atomic E-state index is 9.73. The van der Waals surface area contributed by atoms with Gasteiger partial charge in [-0.05, 0) is 34.9 Å². The molecule has 1 aliphatic heterocycles. The first-order valence-electron chi connectivity index (χ1n) is 19.0. The third-order valence-electron chi connectivity index (χ3n) is 10.8. The van der Waals surface area contributed by atoms with Gasteiger partial charge in [0.1, 0.15) is 5.82 Å². The molecule has 4 heterocycles. The van der Waals surface area contributed by atoms with Crippen LogP contribution in [-0.4, -0.2) is 30.2 Å². The molecule has 2 aliphatic rings. The minimum Gasteiger partial charge on any atom is -0.231 e. The quantitative estimate of drug-likeness (QED) is 0.166. The van der Waals surface area contributed by atoms with Gasteiger partial charge in [-0.25, -0.2) is 24.9 Å². The van der Waals surface area contributed by atoms with Crippen molar-refractivity contribution in [2.75, 3.05) is 0 Å². The monoisotopic (exact) mass is 778 g/mol. The summed E-state index contributed by atoms with van der Waals surface area (Å²) in [6.07, 6.45) is 6.65. The van der Waals surface area contributed by atoms with E-state index in [1.807, 2.05) is 96.7 Å². The van der Waals surface area contributed by atoms with Crippen LogP contribution in [0.25, 0.3) is 82.4 Å². The maximum absolute atomic E-state index is 9.73. The molecule has 0 bridgehead atoms. The number of nitriles is 1. The summed E-state index contributed by atoms with van der Waals surface area (Å²) in [6, 6.07) is 53.5. The molecule has 0 radical (unpaired) electrons. The van der Waals surface area contributed by atoms with Crippen LogP contribution in [0.2, 0.25) is 0 Å². The number of aromatic nitrogens is 5. The summed E-state index contributed by atoms with van der Waals surface area (Å²) in [6.45, 7) is 0. The molecule has 3 aromatic heterocycles. The van der Waals surface area contributed by atoms with E-state index in [4.69, 9.17) is 24.9 Å². The fourth-order valence-corrected chi connectivity index (χ4v) is 10.6. The van der Waals surface area contributed by atoms with E-state index in [9.17, 15) is 5.26 Å². The fraction of sp³-hybridized carbons (Fsp3) is 0.0400. The van der Waals surface area contributed by atoms with Crippen molar-refractivity contribution in [1.29, 1.82) is 5.26 Å². The van der Waals surface area contributed by atoms with Gasteiger partial charge in [-0.1, -0.05) is 152 Å². The van der Waals surface area contributed by atoms with Gasteiger partial charge in [0, 0.05) is 48.0 Å². The molecule has 272 valence electrons. The summed E-state index contributed by atoms with van der Waals surface area (Å²) in [4.78, 5) is 27.3. The molecule has 6 aromatic carbocycles. The zero-order chi connectivity index (χ0) is 38.6. The summed E-state index contributed by atoms with van der Waals surface area (Å²) in [5.74, 6) is 2.55. The summed E-state index contributed by atoms with van der Waals surface area (Å²) < 4.78 is 2.32. The first-order chi connectivity index (χ1) is 28.7. The van der Waals surface area contributed by atoms with Gasteiger partial charge >= 0.3 is 0 Å². The van der Waals surface area contributed by atoms with Crippen LogP contribution in [-0.2, 0) is 0 Å². The Hall–Kier alpha value is -7.05. The molecule has 0 N–H and O–H groups in total. The zero-order valence-electron chi connectivity index (χ0n) is 30.8. The van der Waals surface area contributed by atoms with E-state index in [-0.39, 0.29) is 11.2 Å². The molecule has 2 atom stereocenters. The van der Waals surface area contributed by atoms with E-state index < -0.39 is 0 Å². The van der Waals surface area contributed by atoms with Gasteiger partial charge in [-0.2, -0.15) is 5.26 Å². The van der Waals surface area contributed by atoms with Crippen LogP contribution in [0.15, 0.2) is 175 Å². The summed E-state index contributed by atoms with van der Waals surface area (Å²) in [7, 11) is 0. The predicted molar refractivity (Wildman–Crippen MR) is 236 cm³/mol. The van der Waals surface area contributed by atoms with E-state index in [0.29, 0.717) is 23.0 Å². The average molecular weight is 779 g/mol. The number of thiophene rings is 1. The third kappa shape index (κ3) is 5.83. The van der Waals surface area contributed by atoms with Crippen molar-refractivity contribution in [3.05, 3.63) is 187 Å². The Kier molecular flexibility index (Phi) is 8.35. The number of fused-ring (bicyclic) bond motifs is 6. The third-order valence-corrected chi connectivity index (χ3v) is 13.4. The second kappa shape index (κ2) is 14.2. The van der Waals surface area contributed by atoms with E-state index in [1.54, 1.807) is 11.3 Å². The van der Waals surface area contributed by atoms with Crippen molar-refractivity contribution < 1.29 is 0 Å². The van der Waals surface area contributed by atoms with Crippen molar-refractivity contribution in [3.63, 3.8) is 0 Å². The lowest BCUT2D eigenvalue weighted by Crippen LogP contribution is -2.18. The van der Waals surface area contributed by atoms with E-state index >= 15 is 0 Å². The van der Waals surface area contributed by atoms with Crippen LogP contribution in [0.1, 0.15) is 22.9 Å². The second-order valence-corrected chi connectivity index (χ2v) is 16.5. The number of thioether (sulfide) groups is 1. The minimum atomic E-state index is -0.0609. The van der Waals surface area contributed by atoms with Gasteiger partial charge in [-0.15, -0.1) is 23.1 Å². The van der Waals surface area contributed by atoms with Crippen molar-refractivity contribution >= 4 is 49.0 Å². The van der Waals surface area contributed by atoms with E-state index in [0.717, 1.165) is 66.1 Å². The van der Waals surface area contributed by atoms with Crippen molar-refractivity contribution in [3.8, 4) is 62.6 Å². The topological polar surface area (TPSA) is 88.2 Å². The highest BCUT2D eigenvalue weighted by molar-refractivity contribution is 8.01. The number of hydrogen-bond donors (Lipinski definition) is 0. The molecule has 11 rings (SSSR count). The van der Waals surface area contributed by atoms with Gasteiger partial charge in [0.05, 0.1) is 33.5 Å². The molecule has 9 aromatic rings. The molecule has 6 nitrogen and oxygen atoms in total. The Labute approximate surface area is 343 Å². The molecular formula is C50H30N6S2. The molecule has 0 spiro atoms. The lowest BCUT2D eigenvalue weighted by Gasteiger charge is -2.24. The van der Waals surface area contributed by atoms with Crippen LogP contribution >= 0.6 is 23.1 Å². The largest absolute Gasteiger partial charge is 0.231 e. The summed E-state index contributed by atoms with van der Waals surface area (Å²) >= 11 is 3.61. The van der Waals surface area contributed by atoms with Crippen molar-refractivity contribution in [1.82, 2.24) is 24.9 Å². The van der Waals surface area contributed by atoms with Gasteiger partial charge in [-0.3, -0.25) is 0 Å². The first-order valence-corrected chi connectivity index (χ1v) is 20.7. The molecule has 0 saturated carbocycles. The van der Waals surface area contributed by atoms with E-state index in [1.165, 1.54) is 15.2 Å². The highest BCUT2D eigenvalue weighted by Gasteiger charge is 2.39. The Bertz CT molecular complexity index is 3170. The van der Waals surface area contributed by atoms with Gasteiger partial charge < -0.3 is 0 Å². The number of benzene rings is 6. The molecule has 2 unspecified atom stereocenters. The van der Waals surface area contributed by atoms with Gasteiger partial charge in [0.2, 0.25) is 0 Å². The van der Waals surface area contributed by atoms with Crippen molar-refractivity contribution in [2.45, 2.75) is 16.1 Å². The lowest BCUT2D eigenvalue weighted by molar-refractivity contribution is 0.809. The van der Waals surface area contributed by atoms with Crippen LogP contribution in [0, 0.1) is 11.3 Å². The number of rotatable bonds is 6. The molecule has 0 fully saturated rings. The number of hydrogen-bond acceptors (Lipinski definition) is 8. The van der Waals surface area contributed by atoms with Crippen LogP contribution in [0.4, 0.5) is 0 Å². The summed E-state index contributed by atoms with van der Waals surface area (Å²) in [5.41, 5.74) is 10.6. The highest BCUT2D eigenvalue weighted by Crippen LogP contribution is 2.55. The molecular weight excluding hydrogens is 749 g/mol. The zero-order valence-corrected chi connectivity index (χ0v) is 32.5. The first kappa shape index (κ1) is 34.2.